The highest BCUT2D eigenvalue weighted by molar-refractivity contribution is 5.41. The molecule has 28 heavy (non-hydrogen) atoms. The van der Waals surface area contributed by atoms with Crippen LogP contribution in [0.2, 0.25) is 0 Å². The minimum Gasteiger partial charge on any atom is -0.494 e. The Kier molecular flexibility index (Phi) is 5.48. The molecule has 3 aromatic carbocycles. The summed E-state index contributed by atoms with van der Waals surface area (Å²) in [6.07, 6.45) is 8.02. The molecule has 0 aromatic heterocycles. The van der Waals surface area contributed by atoms with Crippen molar-refractivity contribution < 1.29 is 9.47 Å². The second-order valence-corrected chi connectivity index (χ2v) is 7.28. The molecule has 1 saturated carbocycles. The highest BCUT2D eigenvalue weighted by Gasteiger charge is 2.41. The normalized spacial score (nSPS) is 14.8. The second-order valence-electron chi connectivity index (χ2n) is 7.28. The Labute approximate surface area is 167 Å². The van der Waals surface area contributed by atoms with Gasteiger partial charge in [0.05, 0.1) is 6.61 Å². The van der Waals surface area contributed by atoms with E-state index in [0.717, 1.165) is 23.7 Å². The lowest BCUT2D eigenvalue weighted by Crippen LogP contribution is -2.02. The van der Waals surface area contributed by atoms with Crippen molar-refractivity contribution in [3.63, 3.8) is 0 Å². The van der Waals surface area contributed by atoms with Crippen LogP contribution < -0.4 is 9.47 Å². The number of hydrogen-bond donors (Lipinski definition) is 0. The SMILES string of the molecule is CCOc1ccc(C2(C=CCc3cccc(Oc4ccccc4)c3)CC2)cc1. The molecule has 0 bridgehead atoms. The first-order valence-electron chi connectivity index (χ1n) is 10.0. The molecule has 0 N–H and O–H groups in total. The molecule has 4 rings (SSSR count). The zero-order chi connectivity index (χ0) is 19.2. The minimum absolute atomic E-state index is 0.211. The van der Waals surface area contributed by atoms with Crippen LogP contribution in [0.5, 0.6) is 17.2 Å². The summed E-state index contributed by atoms with van der Waals surface area (Å²) in [7, 11) is 0. The van der Waals surface area contributed by atoms with Gasteiger partial charge in [-0.3, -0.25) is 0 Å². The van der Waals surface area contributed by atoms with E-state index in [1.165, 1.54) is 24.0 Å². The van der Waals surface area contributed by atoms with Gasteiger partial charge >= 0.3 is 0 Å². The van der Waals surface area contributed by atoms with Crippen molar-refractivity contribution in [3.8, 4) is 17.2 Å². The van der Waals surface area contributed by atoms with E-state index in [2.05, 4.69) is 54.6 Å². The van der Waals surface area contributed by atoms with Crippen LogP contribution in [0.4, 0.5) is 0 Å². The number of benzene rings is 3. The average molecular weight is 370 g/mol. The Bertz CT molecular complexity index is 922. The van der Waals surface area contributed by atoms with Gasteiger partial charge in [-0.1, -0.05) is 54.6 Å². The standard InChI is InChI=1S/C26H26O2/c1-2-27-23-15-13-22(14-16-23)26(18-19-26)17-7-9-21-8-6-12-25(20-21)28-24-10-4-3-5-11-24/h3-8,10-17,20H,2,9,18-19H2,1H3. The van der Waals surface area contributed by atoms with Crippen LogP contribution in [0.3, 0.4) is 0 Å². The first-order valence-corrected chi connectivity index (χ1v) is 10.0. The molecule has 0 spiro atoms. The molecule has 3 aromatic rings. The third kappa shape index (κ3) is 4.45. The number of rotatable bonds is 8. The molecule has 0 saturated heterocycles. The number of hydrogen-bond acceptors (Lipinski definition) is 2. The van der Waals surface area contributed by atoms with Gasteiger partial charge in [-0.25, -0.2) is 0 Å². The maximum absolute atomic E-state index is 5.94. The molecule has 1 aliphatic rings. The van der Waals surface area contributed by atoms with Crippen LogP contribution in [0.25, 0.3) is 0 Å². The van der Waals surface area contributed by atoms with Gasteiger partial charge in [0, 0.05) is 5.41 Å². The van der Waals surface area contributed by atoms with E-state index < -0.39 is 0 Å². The van der Waals surface area contributed by atoms with Crippen LogP contribution in [-0.2, 0) is 11.8 Å². The van der Waals surface area contributed by atoms with Gasteiger partial charge in [-0.2, -0.15) is 0 Å². The van der Waals surface area contributed by atoms with Crippen molar-refractivity contribution in [1.82, 2.24) is 0 Å². The van der Waals surface area contributed by atoms with E-state index in [4.69, 9.17) is 9.47 Å². The van der Waals surface area contributed by atoms with E-state index in [9.17, 15) is 0 Å². The van der Waals surface area contributed by atoms with Crippen molar-refractivity contribution in [2.75, 3.05) is 6.61 Å². The van der Waals surface area contributed by atoms with Crippen LogP contribution in [-0.4, -0.2) is 6.61 Å². The Hall–Kier alpha value is -3.00. The first-order chi connectivity index (χ1) is 13.8. The van der Waals surface area contributed by atoms with Crippen LogP contribution in [0.1, 0.15) is 30.9 Å². The molecule has 2 heteroatoms. The predicted molar refractivity (Wildman–Crippen MR) is 114 cm³/mol. The third-order valence-electron chi connectivity index (χ3n) is 5.20. The monoisotopic (exact) mass is 370 g/mol. The maximum Gasteiger partial charge on any atom is 0.127 e. The zero-order valence-electron chi connectivity index (χ0n) is 16.3. The minimum atomic E-state index is 0.211. The summed E-state index contributed by atoms with van der Waals surface area (Å²) in [5.41, 5.74) is 2.85. The predicted octanol–water partition coefficient (Wildman–Crippen LogP) is 6.71. The Morgan fingerprint density at radius 2 is 1.57 bits per heavy atom. The number of ether oxygens (including phenoxy) is 2. The molecule has 142 valence electrons. The molecule has 0 atom stereocenters. The quantitative estimate of drug-likeness (QED) is 0.410. The van der Waals surface area contributed by atoms with Crippen LogP contribution in [0, 0.1) is 0 Å². The molecule has 0 heterocycles. The van der Waals surface area contributed by atoms with Gasteiger partial charge in [0.2, 0.25) is 0 Å². The van der Waals surface area contributed by atoms with Crippen LogP contribution in [0.15, 0.2) is 91.0 Å². The summed E-state index contributed by atoms with van der Waals surface area (Å²) < 4.78 is 11.5. The van der Waals surface area contributed by atoms with Gasteiger partial charge in [-0.05, 0) is 73.7 Å². The van der Waals surface area contributed by atoms with E-state index in [1.807, 2.05) is 43.3 Å². The molecule has 0 amide bonds. The van der Waals surface area contributed by atoms with Crippen molar-refractivity contribution >= 4 is 0 Å². The molecule has 1 fully saturated rings. The molecule has 0 unspecified atom stereocenters. The van der Waals surface area contributed by atoms with Gasteiger partial charge in [0.15, 0.2) is 0 Å². The summed E-state index contributed by atoms with van der Waals surface area (Å²) >= 11 is 0. The molecule has 0 radical (unpaired) electrons. The molecular weight excluding hydrogens is 344 g/mol. The Balaban J connectivity index is 1.40. The fourth-order valence-electron chi connectivity index (χ4n) is 3.52. The van der Waals surface area contributed by atoms with Gasteiger partial charge < -0.3 is 9.47 Å². The van der Waals surface area contributed by atoms with E-state index in [0.29, 0.717) is 6.61 Å². The lowest BCUT2D eigenvalue weighted by Gasteiger charge is -2.12. The fraction of sp³-hybridized carbons (Fsp3) is 0.231. The van der Waals surface area contributed by atoms with E-state index in [1.54, 1.807) is 0 Å². The van der Waals surface area contributed by atoms with Gasteiger partial charge in [0.25, 0.3) is 0 Å². The van der Waals surface area contributed by atoms with Crippen molar-refractivity contribution in [3.05, 3.63) is 102 Å². The number of allylic oxidation sites excluding steroid dienone is 2. The van der Waals surface area contributed by atoms with E-state index in [-0.39, 0.29) is 5.41 Å². The lowest BCUT2D eigenvalue weighted by atomic mass is 9.94. The first kappa shape index (κ1) is 18.4. The smallest absolute Gasteiger partial charge is 0.127 e. The van der Waals surface area contributed by atoms with E-state index >= 15 is 0 Å². The Morgan fingerprint density at radius 3 is 2.29 bits per heavy atom. The summed E-state index contributed by atoms with van der Waals surface area (Å²) in [6, 6.07) is 26.8. The third-order valence-corrected chi connectivity index (χ3v) is 5.20. The highest BCUT2D eigenvalue weighted by Crippen LogP contribution is 2.49. The summed E-state index contributed by atoms with van der Waals surface area (Å²) in [5, 5.41) is 0. The summed E-state index contributed by atoms with van der Waals surface area (Å²) in [6.45, 7) is 2.72. The van der Waals surface area contributed by atoms with Crippen molar-refractivity contribution in [2.24, 2.45) is 0 Å². The van der Waals surface area contributed by atoms with Crippen molar-refractivity contribution in [2.45, 2.75) is 31.6 Å². The molecule has 1 aliphatic carbocycles. The molecular formula is C26H26O2. The van der Waals surface area contributed by atoms with Gasteiger partial charge in [-0.15, -0.1) is 0 Å². The largest absolute Gasteiger partial charge is 0.494 e. The maximum atomic E-state index is 5.94. The summed E-state index contributed by atoms with van der Waals surface area (Å²) in [4.78, 5) is 0. The average Bonchev–Trinajstić information content (AvgIpc) is 3.51. The zero-order valence-corrected chi connectivity index (χ0v) is 16.3. The van der Waals surface area contributed by atoms with Crippen LogP contribution >= 0.6 is 0 Å². The fourth-order valence-corrected chi connectivity index (χ4v) is 3.52. The Morgan fingerprint density at radius 1 is 0.821 bits per heavy atom. The second kappa shape index (κ2) is 8.35. The lowest BCUT2D eigenvalue weighted by molar-refractivity contribution is 0.340. The van der Waals surface area contributed by atoms with Crippen molar-refractivity contribution in [1.29, 1.82) is 0 Å². The molecule has 0 aliphatic heterocycles. The molecule has 2 nitrogen and oxygen atoms in total. The summed E-state index contributed by atoms with van der Waals surface area (Å²) in [5.74, 6) is 2.69. The number of para-hydroxylation sites is 1. The highest BCUT2D eigenvalue weighted by atomic mass is 16.5. The van der Waals surface area contributed by atoms with Gasteiger partial charge in [0.1, 0.15) is 17.2 Å². The topological polar surface area (TPSA) is 18.5 Å².